The third kappa shape index (κ3) is 7.75. The van der Waals surface area contributed by atoms with Gasteiger partial charge in [-0.2, -0.15) is 5.10 Å². The zero-order valence-corrected chi connectivity index (χ0v) is 28.8. The van der Waals surface area contributed by atoms with Gasteiger partial charge in [0.15, 0.2) is 17.8 Å². The number of carbonyl (C=O) groups is 2. The Morgan fingerprint density at radius 1 is 0.918 bits per heavy atom. The number of carbonyl (C=O) groups excluding carboxylic acids is 2. The van der Waals surface area contributed by atoms with E-state index in [4.69, 9.17) is 16.0 Å². The minimum absolute atomic E-state index is 0.106. The summed E-state index contributed by atoms with van der Waals surface area (Å²) in [7, 11) is 0. The van der Waals surface area contributed by atoms with Gasteiger partial charge < -0.3 is 19.5 Å². The number of amides is 2. The molecular formula is C38H46ClN7O3. The summed E-state index contributed by atoms with van der Waals surface area (Å²) in [6, 6.07) is 17.1. The molecule has 3 fully saturated rings. The van der Waals surface area contributed by atoms with Crippen LogP contribution >= 0.6 is 11.6 Å². The molecule has 0 spiro atoms. The fourth-order valence-electron chi connectivity index (χ4n) is 8.39. The van der Waals surface area contributed by atoms with Crippen LogP contribution in [-0.4, -0.2) is 79.6 Å². The lowest BCUT2D eigenvalue weighted by Gasteiger charge is -2.48. The molecule has 10 nitrogen and oxygen atoms in total. The first kappa shape index (κ1) is 33.5. The molecule has 2 aromatic carbocycles. The van der Waals surface area contributed by atoms with Gasteiger partial charge in [-0.15, -0.1) is 0 Å². The van der Waals surface area contributed by atoms with Crippen molar-refractivity contribution in [1.82, 2.24) is 34.9 Å². The van der Waals surface area contributed by atoms with Crippen molar-refractivity contribution in [2.24, 2.45) is 11.3 Å². The quantitative estimate of drug-likeness (QED) is 0.210. The van der Waals surface area contributed by atoms with Gasteiger partial charge in [0.05, 0.1) is 6.04 Å². The fraction of sp³-hybridized carbons (Fsp3) is 0.500. The number of halogens is 1. The van der Waals surface area contributed by atoms with Crippen LogP contribution in [0.5, 0.6) is 0 Å². The Labute approximate surface area is 293 Å². The molecule has 0 radical (unpaired) electrons. The number of aromatic nitrogens is 4. The largest absolute Gasteiger partial charge is 0.443 e. The maximum Gasteiger partial charge on any atom is 0.276 e. The molecule has 7 rings (SSSR count). The molecule has 2 aromatic heterocycles. The topological polar surface area (TPSA) is 109 Å². The highest BCUT2D eigenvalue weighted by Crippen LogP contribution is 2.47. The van der Waals surface area contributed by atoms with Crippen LogP contribution in [0.3, 0.4) is 0 Å². The lowest BCUT2D eigenvalue weighted by atomic mass is 9.63. The van der Waals surface area contributed by atoms with E-state index < -0.39 is 0 Å². The normalized spacial score (nSPS) is 19.5. The summed E-state index contributed by atoms with van der Waals surface area (Å²) in [5.41, 5.74) is 2.37. The maximum absolute atomic E-state index is 14.4. The Hall–Kier alpha value is -4.02. The van der Waals surface area contributed by atoms with Crippen molar-refractivity contribution < 1.29 is 14.0 Å². The minimum Gasteiger partial charge on any atom is -0.443 e. The van der Waals surface area contributed by atoms with Crippen molar-refractivity contribution in [3.8, 4) is 11.3 Å². The standard InChI is InChI=1S/C38H46ClN7O3/c39-31-13-11-28(12-14-31)23-33(36(47)45-21-17-38(18-22-45,24-46-26-40-25-42-46)30-9-5-2-6-10-30)43-32-15-19-44(20-16-32)37(48)34-35(49-27-41-34)29-7-3-1-4-8-29/h1,3-4,7-8,11-14,25-27,30,32-33,43H,2,5-6,9-10,15-24H2/t33-/m1/s1. The summed E-state index contributed by atoms with van der Waals surface area (Å²) in [5.74, 6) is 1.18. The highest BCUT2D eigenvalue weighted by Gasteiger charge is 2.44. The van der Waals surface area contributed by atoms with Gasteiger partial charge in [0.2, 0.25) is 5.91 Å². The monoisotopic (exact) mass is 683 g/mol. The van der Waals surface area contributed by atoms with Crippen LogP contribution in [0, 0.1) is 11.3 Å². The van der Waals surface area contributed by atoms with E-state index in [9.17, 15) is 9.59 Å². The molecule has 258 valence electrons. The van der Waals surface area contributed by atoms with Gasteiger partial charge in [-0.05, 0) is 74.0 Å². The number of piperidine rings is 2. The van der Waals surface area contributed by atoms with E-state index in [0.29, 0.717) is 41.9 Å². The predicted octanol–water partition coefficient (Wildman–Crippen LogP) is 6.28. The predicted molar refractivity (Wildman–Crippen MR) is 188 cm³/mol. The smallest absolute Gasteiger partial charge is 0.276 e. The maximum atomic E-state index is 14.4. The zero-order valence-electron chi connectivity index (χ0n) is 28.1. The van der Waals surface area contributed by atoms with Crippen LogP contribution in [0.1, 0.15) is 73.8 Å². The molecule has 1 atom stereocenters. The van der Waals surface area contributed by atoms with Crippen molar-refractivity contribution in [1.29, 1.82) is 0 Å². The Kier molecular flexibility index (Phi) is 10.4. The number of likely N-dealkylation sites (tertiary alicyclic amines) is 2. The van der Waals surface area contributed by atoms with E-state index >= 15 is 0 Å². The molecule has 1 aliphatic carbocycles. The van der Waals surface area contributed by atoms with Crippen LogP contribution < -0.4 is 5.32 Å². The van der Waals surface area contributed by atoms with E-state index in [1.807, 2.05) is 70.5 Å². The van der Waals surface area contributed by atoms with Gasteiger partial charge >= 0.3 is 0 Å². The molecule has 4 aromatic rings. The molecule has 2 aliphatic heterocycles. The molecule has 2 amide bonds. The summed E-state index contributed by atoms with van der Waals surface area (Å²) in [6.45, 7) is 3.52. The summed E-state index contributed by atoms with van der Waals surface area (Å²) < 4.78 is 7.63. The van der Waals surface area contributed by atoms with E-state index in [1.54, 1.807) is 6.33 Å². The molecule has 0 bridgehead atoms. The van der Waals surface area contributed by atoms with Crippen LogP contribution in [0.2, 0.25) is 5.02 Å². The number of rotatable bonds is 10. The summed E-state index contributed by atoms with van der Waals surface area (Å²) in [5, 5.41) is 8.90. The van der Waals surface area contributed by atoms with Gasteiger partial charge in [-0.1, -0.05) is 73.3 Å². The molecule has 1 saturated carbocycles. The van der Waals surface area contributed by atoms with Gasteiger partial charge in [0.25, 0.3) is 5.91 Å². The highest BCUT2D eigenvalue weighted by atomic mass is 35.5. The molecule has 3 aliphatic rings. The van der Waals surface area contributed by atoms with Crippen LogP contribution in [-0.2, 0) is 17.8 Å². The summed E-state index contributed by atoms with van der Waals surface area (Å²) in [6.07, 6.45) is 15.2. The Bertz CT molecular complexity index is 1650. The van der Waals surface area contributed by atoms with E-state index in [0.717, 1.165) is 56.4 Å². The molecular weight excluding hydrogens is 638 g/mol. The Morgan fingerprint density at radius 3 is 2.35 bits per heavy atom. The second-order valence-electron chi connectivity index (χ2n) is 14.1. The lowest BCUT2D eigenvalue weighted by molar-refractivity contribution is -0.137. The number of benzene rings is 2. The van der Waals surface area contributed by atoms with E-state index in [1.165, 1.54) is 38.5 Å². The van der Waals surface area contributed by atoms with Crippen LogP contribution in [0.4, 0.5) is 0 Å². The van der Waals surface area contributed by atoms with Crippen molar-refractivity contribution in [3.63, 3.8) is 0 Å². The molecule has 0 unspecified atom stereocenters. The number of nitrogens with one attached hydrogen (secondary N) is 1. The van der Waals surface area contributed by atoms with Gasteiger partial charge in [-0.25, -0.2) is 9.97 Å². The molecule has 49 heavy (non-hydrogen) atoms. The van der Waals surface area contributed by atoms with Crippen molar-refractivity contribution >= 4 is 23.4 Å². The van der Waals surface area contributed by atoms with Gasteiger partial charge in [-0.3, -0.25) is 14.3 Å². The first-order valence-electron chi connectivity index (χ1n) is 17.9. The Morgan fingerprint density at radius 2 is 1.65 bits per heavy atom. The van der Waals surface area contributed by atoms with Crippen molar-refractivity contribution in [2.45, 2.75) is 82.8 Å². The molecule has 4 heterocycles. The van der Waals surface area contributed by atoms with E-state index in [2.05, 4.69) is 25.3 Å². The number of nitrogens with zero attached hydrogens (tertiary/aromatic N) is 6. The zero-order chi connectivity index (χ0) is 33.6. The molecule has 2 saturated heterocycles. The number of hydrogen-bond acceptors (Lipinski definition) is 7. The minimum atomic E-state index is -0.369. The SMILES string of the molecule is O=C(c1ncoc1-c1ccccc1)N1CCC(N[C@H](Cc2ccc(Cl)cc2)C(=O)N2CCC(Cn3cncn3)(C3CCCCC3)CC2)CC1. The van der Waals surface area contributed by atoms with Gasteiger partial charge in [0.1, 0.15) is 12.7 Å². The van der Waals surface area contributed by atoms with Gasteiger partial charge in [0, 0.05) is 49.4 Å². The second kappa shape index (κ2) is 15.3. The average molecular weight is 684 g/mol. The lowest BCUT2D eigenvalue weighted by Crippen LogP contribution is -2.56. The molecule has 1 N–H and O–H groups in total. The number of hydrogen-bond donors (Lipinski definition) is 1. The number of oxazole rings is 1. The third-order valence-electron chi connectivity index (χ3n) is 11.2. The summed E-state index contributed by atoms with van der Waals surface area (Å²) in [4.78, 5) is 40.3. The first-order chi connectivity index (χ1) is 24.0. The molecule has 11 heteroatoms. The Balaban J connectivity index is 1.01. The van der Waals surface area contributed by atoms with Crippen molar-refractivity contribution in [2.75, 3.05) is 26.2 Å². The van der Waals surface area contributed by atoms with Crippen LogP contribution in [0.25, 0.3) is 11.3 Å². The van der Waals surface area contributed by atoms with Crippen LogP contribution in [0.15, 0.2) is 78.1 Å². The van der Waals surface area contributed by atoms with Crippen molar-refractivity contribution in [3.05, 3.63) is 89.9 Å². The van der Waals surface area contributed by atoms with E-state index in [-0.39, 0.29) is 29.3 Å². The third-order valence-corrected chi connectivity index (χ3v) is 11.4. The first-order valence-corrected chi connectivity index (χ1v) is 18.3. The second-order valence-corrected chi connectivity index (χ2v) is 14.6. The fourth-order valence-corrected chi connectivity index (χ4v) is 8.52. The average Bonchev–Trinajstić information content (AvgIpc) is 3.86. The highest BCUT2D eigenvalue weighted by molar-refractivity contribution is 6.30. The summed E-state index contributed by atoms with van der Waals surface area (Å²) >= 11 is 6.21.